The molecule has 0 spiro atoms. The third kappa shape index (κ3) is 3.04. The van der Waals surface area contributed by atoms with Crippen LogP contribution in [0.1, 0.15) is 50.2 Å². The summed E-state index contributed by atoms with van der Waals surface area (Å²) >= 11 is 0. The maximum atomic E-state index is 6.21. The van der Waals surface area contributed by atoms with E-state index in [2.05, 4.69) is 40.9 Å². The summed E-state index contributed by atoms with van der Waals surface area (Å²) in [7, 11) is 1.96. The normalized spacial score (nSPS) is 13.1. The first kappa shape index (κ1) is 13.8. The van der Waals surface area contributed by atoms with E-state index in [1.807, 2.05) is 17.8 Å². The van der Waals surface area contributed by atoms with Crippen LogP contribution in [0.5, 0.6) is 0 Å². The van der Waals surface area contributed by atoms with E-state index in [4.69, 9.17) is 5.73 Å². The zero-order valence-corrected chi connectivity index (χ0v) is 12.0. The standard InChI is InChI=1S/C14H23N5/c1-4-12(5-2)19-7-6-11(17-19)8-13(15)14-9-16-10-18(14)3/h6-7,9-10,12-13H,4-5,8,15H2,1-3H3. The van der Waals surface area contributed by atoms with E-state index in [9.17, 15) is 0 Å². The molecule has 2 heterocycles. The van der Waals surface area contributed by atoms with E-state index in [1.165, 1.54) is 0 Å². The zero-order chi connectivity index (χ0) is 13.8. The van der Waals surface area contributed by atoms with Gasteiger partial charge in [0.05, 0.1) is 29.8 Å². The summed E-state index contributed by atoms with van der Waals surface area (Å²) in [6.07, 6.45) is 8.60. The van der Waals surface area contributed by atoms with Crippen LogP contribution >= 0.6 is 0 Å². The number of aryl methyl sites for hydroxylation is 1. The van der Waals surface area contributed by atoms with E-state index < -0.39 is 0 Å². The maximum absolute atomic E-state index is 6.21. The summed E-state index contributed by atoms with van der Waals surface area (Å²) in [5.74, 6) is 0. The van der Waals surface area contributed by atoms with Crippen LogP contribution in [0.3, 0.4) is 0 Å². The van der Waals surface area contributed by atoms with E-state index in [0.717, 1.165) is 30.7 Å². The van der Waals surface area contributed by atoms with Gasteiger partial charge in [-0.15, -0.1) is 0 Å². The number of hydrogen-bond acceptors (Lipinski definition) is 3. The van der Waals surface area contributed by atoms with Crippen molar-refractivity contribution in [2.24, 2.45) is 12.8 Å². The third-order valence-electron chi connectivity index (χ3n) is 3.64. The lowest BCUT2D eigenvalue weighted by molar-refractivity contribution is 0.424. The molecular formula is C14H23N5. The number of nitrogens with two attached hydrogens (primary N) is 1. The van der Waals surface area contributed by atoms with Crippen LogP contribution in [-0.4, -0.2) is 19.3 Å². The summed E-state index contributed by atoms with van der Waals surface area (Å²) in [6, 6.07) is 2.49. The van der Waals surface area contributed by atoms with Crippen molar-refractivity contribution < 1.29 is 0 Å². The summed E-state index contributed by atoms with van der Waals surface area (Å²) in [5.41, 5.74) is 8.29. The molecule has 2 N–H and O–H groups in total. The molecule has 5 nitrogen and oxygen atoms in total. The molecule has 1 unspecified atom stereocenters. The SMILES string of the molecule is CCC(CC)n1ccc(CC(N)c2cncn2C)n1. The molecule has 0 saturated heterocycles. The van der Waals surface area contributed by atoms with Crippen molar-refractivity contribution in [3.63, 3.8) is 0 Å². The molecule has 0 aliphatic carbocycles. The number of imidazole rings is 1. The van der Waals surface area contributed by atoms with Gasteiger partial charge < -0.3 is 10.3 Å². The fourth-order valence-corrected chi connectivity index (χ4v) is 2.41. The van der Waals surface area contributed by atoms with Crippen molar-refractivity contribution in [2.45, 2.75) is 45.2 Å². The van der Waals surface area contributed by atoms with Gasteiger partial charge in [-0.1, -0.05) is 13.8 Å². The van der Waals surface area contributed by atoms with E-state index in [0.29, 0.717) is 6.04 Å². The Bertz CT molecular complexity index is 509. The fourth-order valence-electron chi connectivity index (χ4n) is 2.41. The Labute approximate surface area is 114 Å². The Morgan fingerprint density at radius 2 is 2.05 bits per heavy atom. The molecule has 1 atom stereocenters. The van der Waals surface area contributed by atoms with Gasteiger partial charge in [0, 0.05) is 25.9 Å². The fraction of sp³-hybridized carbons (Fsp3) is 0.571. The van der Waals surface area contributed by atoms with Gasteiger partial charge in [0.15, 0.2) is 0 Å². The number of rotatable bonds is 6. The van der Waals surface area contributed by atoms with Gasteiger partial charge in [-0.3, -0.25) is 4.68 Å². The van der Waals surface area contributed by atoms with Crippen molar-refractivity contribution in [1.82, 2.24) is 19.3 Å². The summed E-state index contributed by atoms with van der Waals surface area (Å²) in [5, 5.41) is 4.64. The zero-order valence-electron chi connectivity index (χ0n) is 12.0. The lowest BCUT2D eigenvalue weighted by Crippen LogP contribution is -2.17. The minimum absolute atomic E-state index is 0.0578. The van der Waals surface area contributed by atoms with E-state index in [-0.39, 0.29) is 6.04 Å². The number of nitrogens with zero attached hydrogens (tertiary/aromatic N) is 4. The van der Waals surface area contributed by atoms with Gasteiger partial charge in [-0.2, -0.15) is 5.10 Å². The summed E-state index contributed by atoms with van der Waals surface area (Å²) in [4.78, 5) is 4.10. The maximum Gasteiger partial charge on any atom is 0.0946 e. The van der Waals surface area contributed by atoms with Crippen LogP contribution in [0, 0.1) is 0 Å². The van der Waals surface area contributed by atoms with Crippen LogP contribution in [0.15, 0.2) is 24.8 Å². The average Bonchev–Trinajstić information content (AvgIpc) is 3.00. The highest BCUT2D eigenvalue weighted by molar-refractivity contribution is 5.10. The number of hydrogen-bond donors (Lipinski definition) is 1. The van der Waals surface area contributed by atoms with Crippen molar-refractivity contribution in [3.05, 3.63) is 36.2 Å². The highest BCUT2D eigenvalue weighted by atomic mass is 15.3. The molecule has 2 aromatic rings. The van der Waals surface area contributed by atoms with E-state index >= 15 is 0 Å². The van der Waals surface area contributed by atoms with Crippen LogP contribution in [0.25, 0.3) is 0 Å². The second-order valence-electron chi connectivity index (χ2n) is 5.00. The third-order valence-corrected chi connectivity index (χ3v) is 3.64. The van der Waals surface area contributed by atoms with Crippen molar-refractivity contribution in [1.29, 1.82) is 0 Å². The molecule has 19 heavy (non-hydrogen) atoms. The molecule has 0 radical (unpaired) electrons. The highest BCUT2D eigenvalue weighted by Gasteiger charge is 2.14. The largest absolute Gasteiger partial charge is 0.336 e. The number of aromatic nitrogens is 4. The monoisotopic (exact) mass is 261 g/mol. The Morgan fingerprint density at radius 1 is 1.32 bits per heavy atom. The topological polar surface area (TPSA) is 61.7 Å². The molecular weight excluding hydrogens is 238 g/mol. The predicted molar refractivity (Wildman–Crippen MR) is 75.7 cm³/mol. The van der Waals surface area contributed by atoms with Crippen molar-refractivity contribution in [2.75, 3.05) is 0 Å². The summed E-state index contributed by atoms with van der Waals surface area (Å²) < 4.78 is 4.02. The van der Waals surface area contributed by atoms with Crippen LogP contribution in [0.4, 0.5) is 0 Å². The van der Waals surface area contributed by atoms with Gasteiger partial charge >= 0.3 is 0 Å². The lowest BCUT2D eigenvalue weighted by Gasteiger charge is -2.13. The summed E-state index contributed by atoms with van der Waals surface area (Å²) in [6.45, 7) is 4.38. The Morgan fingerprint density at radius 3 is 2.63 bits per heavy atom. The molecule has 0 fully saturated rings. The molecule has 0 aliphatic rings. The van der Waals surface area contributed by atoms with Gasteiger partial charge in [-0.05, 0) is 18.9 Å². The molecule has 0 bridgehead atoms. The Kier molecular flexibility index (Phi) is 4.37. The average molecular weight is 261 g/mol. The highest BCUT2D eigenvalue weighted by Crippen LogP contribution is 2.17. The van der Waals surface area contributed by atoms with Gasteiger partial charge in [0.1, 0.15) is 0 Å². The lowest BCUT2D eigenvalue weighted by atomic mass is 10.1. The quantitative estimate of drug-likeness (QED) is 0.867. The molecule has 104 valence electrons. The molecule has 5 heteroatoms. The second kappa shape index (κ2) is 6.02. The van der Waals surface area contributed by atoms with Gasteiger partial charge in [0.25, 0.3) is 0 Å². The van der Waals surface area contributed by atoms with Gasteiger partial charge in [0.2, 0.25) is 0 Å². The van der Waals surface area contributed by atoms with Crippen LogP contribution in [-0.2, 0) is 13.5 Å². The molecule has 0 saturated carbocycles. The first-order valence-electron chi connectivity index (χ1n) is 6.91. The van der Waals surface area contributed by atoms with E-state index in [1.54, 1.807) is 6.33 Å². The molecule has 2 rings (SSSR count). The minimum atomic E-state index is -0.0578. The van der Waals surface area contributed by atoms with Crippen LogP contribution in [0.2, 0.25) is 0 Å². The van der Waals surface area contributed by atoms with Crippen molar-refractivity contribution in [3.8, 4) is 0 Å². The molecule has 0 amide bonds. The van der Waals surface area contributed by atoms with Crippen LogP contribution < -0.4 is 5.73 Å². The molecule has 0 aromatic carbocycles. The first-order valence-corrected chi connectivity index (χ1v) is 6.91. The smallest absolute Gasteiger partial charge is 0.0946 e. The van der Waals surface area contributed by atoms with Crippen molar-refractivity contribution >= 4 is 0 Å². The van der Waals surface area contributed by atoms with Gasteiger partial charge in [-0.25, -0.2) is 4.98 Å². The predicted octanol–water partition coefficient (Wildman–Crippen LogP) is 2.22. The second-order valence-corrected chi connectivity index (χ2v) is 5.00. The molecule has 0 aliphatic heterocycles. The Balaban J connectivity index is 2.06. The Hall–Kier alpha value is -1.62. The first-order chi connectivity index (χ1) is 9.15. The molecule has 2 aromatic heterocycles. The minimum Gasteiger partial charge on any atom is -0.336 e.